The summed E-state index contributed by atoms with van der Waals surface area (Å²) in [5.74, 6) is 1.72. The quantitative estimate of drug-likeness (QED) is 0.886. The van der Waals surface area contributed by atoms with Crippen molar-refractivity contribution in [1.29, 1.82) is 0 Å². The lowest BCUT2D eigenvalue weighted by molar-refractivity contribution is -0.910. The first kappa shape index (κ1) is 16.9. The summed E-state index contributed by atoms with van der Waals surface area (Å²) in [6.07, 6.45) is 3.13. The second-order valence-electron chi connectivity index (χ2n) is 6.95. The number of likely N-dealkylation sites (tertiary alicyclic amines) is 1. The van der Waals surface area contributed by atoms with Gasteiger partial charge in [-0.3, -0.25) is 4.79 Å². The van der Waals surface area contributed by atoms with Gasteiger partial charge in [0.2, 0.25) is 0 Å². The lowest BCUT2D eigenvalue weighted by Gasteiger charge is -2.22. The Morgan fingerprint density at radius 1 is 1.04 bits per heavy atom. The van der Waals surface area contributed by atoms with Gasteiger partial charge in [-0.05, 0) is 30.3 Å². The van der Waals surface area contributed by atoms with Gasteiger partial charge in [-0.2, -0.15) is 0 Å². The molecule has 136 valence electrons. The van der Waals surface area contributed by atoms with E-state index in [0.29, 0.717) is 25.8 Å². The number of carbonyl (C=O) groups excluding carboxylic acids is 1. The zero-order valence-electron chi connectivity index (χ0n) is 14.9. The summed E-state index contributed by atoms with van der Waals surface area (Å²) in [5.41, 5.74) is 2.08. The summed E-state index contributed by atoms with van der Waals surface area (Å²) in [7, 11) is 0. The molecule has 2 aliphatic rings. The molecule has 2 aliphatic heterocycles. The van der Waals surface area contributed by atoms with Crippen molar-refractivity contribution in [2.24, 2.45) is 0 Å². The second-order valence-corrected chi connectivity index (χ2v) is 6.95. The summed E-state index contributed by atoms with van der Waals surface area (Å²) in [4.78, 5) is 13.8. The fraction of sp³-hybridized carbons (Fsp3) is 0.381. The summed E-state index contributed by atoms with van der Waals surface area (Å²) < 4.78 is 11.6. The van der Waals surface area contributed by atoms with Crippen molar-refractivity contribution in [2.75, 3.05) is 31.6 Å². The van der Waals surface area contributed by atoms with E-state index in [1.165, 1.54) is 10.5 Å². The maximum Gasteiger partial charge on any atom is 0.279 e. The Balaban J connectivity index is 1.45. The van der Waals surface area contributed by atoms with Crippen LogP contribution >= 0.6 is 0 Å². The number of anilines is 1. The molecule has 26 heavy (non-hydrogen) atoms. The standard InChI is InChI=1S/C21H24N2O3/c24-21(22-17-6-2-1-3-7-17)15-23-11-4-8-18(23)16-9-10-19-20(14-16)26-13-5-12-25-19/h1-3,6-7,9-10,14,18H,4-5,8,11-13,15H2,(H,22,24)/p+1/t18-/m1/s1. The number of hydrogen-bond donors (Lipinski definition) is 2. The fourth-order valence-electron chi connectivity index (χ4n) is 3.86. The van der Waals surface area contributed by atoms with Crippen molar-refractivity contribution in [3.63, 3.8) is 0 Å². The van der Waals surface area contributed by atoms with Crippen molar-refractivity contribution >= 4 is 11.6 Å². The van der Waals surface area contributed by atoms with E-state index in [9.17, 15) is 4.79 Å². The van der Waals surface area contributed by atoms with E-state index < -0.39 is 0 Å². The molecule has 1 amide bonds. The molecule has 2 heterocycles. The molecule has 2 aromatic carbocycles. The Bertz CT molecular complexity index is 763. The van der Waals surface area contributed by atoms with Crippen molar-refractivity contribution in [3.05, 3.63) is 54.1 Å². The highest BCUT2D eigenvalue weighted by Crippen LogP contribution is 2.33. The van der Waals surface area contributed by atoms with E-state index in [1.54, 1.807) is 0 Å². The number of rotatable bonds is 4. The van der Waals surface area contributed by atoms with Crippen LogP contribution in [0.5, 0.6) is 11.5 Å². The van der Waals surface area contributed by atoms with Crippen molar-refractivity contribution < 1.29 is 19.2 Å². The van der Waals surface area contributed by atoms with E-state index in [-0.39, 0.29) is 5.91 Å². The van der Waals surface area contributed by atoms with E-state index >= 15 is 0 Å². The first-order valence-electron chi connectivity index (χ1n) is 9.38. The number of para-hydroxylation sites is 1. The lowest BCUT2D eigenvalue weighted by Crippen LogP contribution is -3.11. The molecule has 0 spiro atoms. The molecule has 0 saturated carbocycles. The number of hydrogen-bond acceptors (Lipinski definition) is 3. The van der Waals surface area contributed by atoms with E-state index in [1.807, 2.05) is 36.4 Å². The fourth-order valence-corrected chi connectivity index (χ4v) is 3.86. The maximum atomic E-state index is 12.4. The third-order valence-corrected chi connectivity index (χ3v) is 5.10. The van der Waals surface area contributed by atoms with Crippen LogP contribution in [-0.4, -0.2) is 32.2 Å². The highest BCUT2D eigenvalue weighted by atomic mass is 16.5. The van der Waals surface area contributed by atoms with Gasteiger partial charge in [-0.25, -0.2) is 0 Å². The number of ether oxygens (including phenoxy) is 2. The topological polar surface area (TPSA) is 52.0 Å². The number of nitrogens with one attached hydrogen (secondary N) is 2. The first-order chi connectivity index (χ1) is 12.8. The summed E-state index contributed by atoms with van der Waals surface area (Å²) >= 11 is 0. The minimum atomic E-state index is 0.0624. The highest BCUT2D eigenvalue weighted by molar-refractivity contribution is 5.91. The van der Waals surface area contributed by atoms with Gasteiger partial charge in [-0.1, -0.05) is 18.2 Å². The van der Waals surface area contributed by atoms with E-state index in [4.69, 9.17) is 9.47 Å². The van der Waals surface area contributed by atoms with E-state index in [0.717, 1.165) is 43.0 Å². The molecule has 1 fully saturated rings. The Morgan fingerprint density at radius 3 is 2.69 bits per heavy atom. The SMILES string of the molecule is O=C(C[NH+]1CCC[C@@H]1c1ccc2c(c1)OCCCO2)Nc1ccccc1. The van der Waals surface area contributed by atoms with Crippen LogP contribution in [0.2, 0.25) is 0 Å². The zero-order valence-corrected chi connectivity index (χ0v) is 14.9. The molecule has 2 N–H and O–H groups in total. The van der Waals surface area contributed by atoms with Gasteiger partial charge in [0.1, 0.15) is 6.04 Å². The third-order valence-electron chi connectivity index (χ3n) is 5.10. The van der Waals surface area contributed by atoms with Crippen molar-refractivity contribution in [3.8, 4) is 11.5 Å². The molecule has 0 aliphatic carbocycles. The minimum absolute atomic E-state index is 0.0624. The molecule has 0 radical (unpaired) electrons. The molecule has 1 saturated heterocycles. The number of fused-ring (bicyclic) bond motifs is 1. The van der Waals surface area contributed by atoms with Gasteiger partial charge >= 0.3 is 0 Å². The lowest BCUT2D eigenvalue weighted by atomic mass is 10.0. The molecule has 1 unspecified atom stereocenters. The normalized spacial score (nSPS) is 21.8. The number of benzene rings is 2. The van der Waals surface area contributed by atoms with Crippen LogP contribution in [-0.2, 0) is 4.79 Å². The smallest absolute Gasteiger partial charge is 0.279 e. The van der Waals surface area contributed by atoms with Crippen LogP contribution in [0, 0.1) is 0 Å². The largest absolute Gasteiger partial charge is 0.490 e. The third kappa shape index (κ3) is 3.83. The van der Waals surface area contributed by atoms with Gasteiger partial charge in [0.05, 0.1) is 19.8 Å². The van der Waals surface area contributed by atoms with Gasteiger partial charge in [-0.15, -0.1) is 0 Å². The average molecular weight is 353 g/mol. The highest BCUT2D eigenvalue weighted by Gasteiger charge is 2.32. The molecule has 5 heteroatoms. The molecule has 5 nitrogen and oxygen atoms in total. The summed E-state index contributed by atoms with van der Waals surface area (Å²) in [6, 6.07) is 16.2. The molecule has 4 rings (SSSR count). The monoisotopic (exact) mass is 353 g/mol. The van der Waals surface area contributed by atoms with Crippen LogP contribution < -0.4 is 19.7 Å². The molecular formula is C21H25N2O3+. The van der Waals surface area contributed by atoms with Crippen LogP contribution in [0.1, 0.15) is 30.9 Å². The summed E-state index contributed by atoms with van der Waals surface area (Å²) in [5, 5.41) is 2.99. The van der Waals surface area contributed by atoms with Gasteiger partial charge in [0.15, 0.2) is 18.0 Å². The average Bonchev–Trinajstić information content (AvgIpc) is 2.98. The molecule has 2 aromatic rings. The van der Waals surface area contributed by atoms with Crippen LogP contribution in [0.3, 0.4) is 0 Å². The van der Waals surface area contributed by atoms with Gasteiger partial charge in [0.25, 0.3) is 5.91 Å². The molecular weight excluding hydrogens is 328 g/mol. The molecule has 0 aromatic heterocycles. The number of amides is 1. The van der Waals surface area contributed by atoms with Crippen molar-refractivity contribution in [1.82, 2.24) is 0 Å². The molecule has 2 atom stereocenters. The Kier molecular flexibility index (Phi) is 5.07. The Labute approximate surface area is 153 Å². The maximum absolute atomic E-state index is 12.4. The van der Waals surface area contributed by atoms with Crippen LogP contribution in [0.4, 0.5) is 5.69 Å². The van der Waals surface area contributed by atoms with Crippen LogP contribution in [0.15, 0.2) is 48.5 Å². The van der Waals surface area contributed by atoms with Gasteiger partial charge < -0.3 is 19.7 Å². The number of quaternary nitrogens is 1. The Morgan fingerprint density at radius 2 is 1.85 bits per heavy atom. The van der Waals surface area contributed by atoms with Gasteiger partial charge in [0, 0.05) is 30.5 Å². The van der Waals surface area contributed by atoms with Crippen molar-refractivity contribution in [2.45, 2.75) is 25.3 Å². The first-order valence-corrected chi connectivity index (χ1v) is 9.38. The number of carbonyl (C=O) groups is 1. The predicted octanol–water partition coefficient (Wildman–Crippen LogP) is 2.21. The summed E-state index contributed by atoms with van der Waals surface area (Å²) in [6.45, 7) is 2.89. The van der Waals surface area contributed by atoms with Crippen LogP contribution in [0.25, 0.3) is 0 Å². The predicted molar refractivity (Wildman–Crippen MR) is 99.8 cm³/mol. The second kappa shape index (κ2) is 7.79. The van der Waals surface area contributed by atoms with E-state index in [2.05, 4.69) is 17.4 Å². The minimum Gasteiger partial charge on any atom is -0.490 e. The Hall–Kier alpha value is -2.53. The zero-order chi connectivity index (χ0) is 17.8. The molecule has 0 bridgehead atoms.